The van der Waals surface area contributed by atoms with Crippen LogP contribution >= 0.6 is 0 Å². The van der Waals surface area contributed by atoms with Crippen molar-refractivity contribution < 1.29 is 13.7 Å². The Morgan fingerprint density at radius 2 is 2.24 bits per heavy atom. The van der Waals surface area contributed by atoms with Crippen molar-refractivity contribution in [3.63, 3.8) is 0 Å². The van der Waals surface area contributed by atoms with Crippen LogP contribution in [0.3, 0.4) is 0 Å². The van der Waals surface area contributed by atoms with Crippen LogP contribution in [0.1, 0.15) is 5.56 Å². The van der Waals surface area contributed by atoms with Crippen LogP contribution in [0, 0.1) is 21.4 Å². The zero-order valence-corrected chi connectivity index (χ0v) is 10.5. The SMILES string of the molecule is N#Cc1cc([N+](=O)[O-])ccc1Nc1ccn(CC(F)F)n1. The number of halogens is 2. The molecular formula is C12H9F2N5O2. The monoisotopic (exact) mass is 293 g/mol. The largest absolute Gasteiger partial charge is 0.338 e. The first kappa shape index (κ1) is 14.4. The van der Waals surface area contributed by atoms with Crippen molar-refractivity contribution in [2.45, 2.75) is 13.0 Å². The maximum Gasteiger partial charge on any atom is 0.270 e. The van der Waals surface area contributed by atoms with Gasteiger partial charge in [-0.05, 0) is 6.07 Å². The predicted molar refractivity (Wildman–Crippen MR) is 69.3 cm³/mol. The highest BCUT2D eigenvalue weighted by atomic mass is 19.3. The Balaban J connectivity index is 2.21. The maximum atomic E-state index is 12.2. The number of rotatable bonds is 5. The molecule has 7 nitrogen and oxygen atoms in total. The van der Waals surface area contributed by atoms with E-state index in [1.54, 1.807) is 0 Å². The molecule has 0 aliphatic heterocycles. The molecule has 0 bridgehead atoms. The van der Waals surface area contributed by atoms with Gasteiger partial charge in [-0.15, -0.1) is 0 Å². The average molecular weight is 293 g/mol. The molecule has 1 N–H and O–H groups in total. The van der Waals surface area contributed by atoms with Crippen LogP contribution in [-0.4, -0.2) is 21.1 Å². The van der Waals surface area contributed by atoms with Crippen molar-refractivity contribution >= 4 is 17.2 Å². The Hall–Kier alpha value is -3.02. The highest BCUT2D eigenvalue weighted by Crippen LogP contribution is 2.24. The number of nitro benzene ring substituents is 1. The summed E-state index contributed by atoms with van der Waals surface area (Å²) < 4.78 is 25.5. The van der Waals surface area contributed by atoms with Gasteiger partial charge in [-0.1, -0.05) is 0 Å². The Morgan fingerprint density at radius 3 is 2.86 bits per heavy atom. The van der Waals surface area contributed by atoms with E-state index in [-0.39, 0.29) is 17.1 Å². The molecule has 1 aromatic carbocycles. The van der Waals surface area contributed by atoms with Crippen molar-refractivity contribution in [2.24, 2.45) is 0 Å². The number of hydrogen-bond donors (Lipinski definition) is 1. The highest BCUT2D eigenvalue weighted by Gasteiger charge is 2.12. The van der Waals surface area contributed by atoms with E-state index in [2.05, 4.69) is 10.4 Å². The molecule has 2 rings (SSSR count). The van der Waals surface area contributed by atoms with Gasteiger partial charge in [0.1, 0.15) is 12.6 Å². The summed E-state index contributed by atoms with van der Waals surface area (Å²) in [7, 11) is 0. The minimum atomic E-state index is -2.52. The number of anilines is 2. The maximum absolute atomic E-state index is 12.2. The first-order valence-electron chi connectivity index (χ1n) is 5.77. The molecule has 0 radical (unpaired) electrons. The molecule has 1 heterocycles. The Labute approximate surface area is 117 Å². The van der Waals surface area contributed by atoms with Crippen LogP contribution < -0.4 is 5.32 Å². The van der Waals surface area contributed by atoms with Crippen molar-refractivity contribution in [1.82, 2.24) is 9.78 Å². The average Bonchev–Trinajstić information content (AvgIpc) is 2.85. The number of nitro groups is 1. The molecule has 21 heavy (non-hydrogen) atoms. The Morgan fingerprint density at radius 1 is 1.48 bits per heavy atom. The van der Waals surface area contributed by atoms with E-state index in [4.69, 9.17) is 5.26 Å². The van der Waals surface area contributed by atoms with Crippen LogP contribution in [0.2, 0.25) is 0 Å². The second-order valence-electron chi connectivity index (χ2n) is 4.04. The molecular weight excluding hydrogens is 284 g/mol. The van der Waals surface area contributed by atoms with Gasteiger partial charge in [-0.25, -0.2) is 8.78 Å². The van der Waals surface area contributed by atoms with Gasteiger partial charge < -0.3 is 5.32 Å². The number of non-ortho nitro benzene ring substituents is 1. The van der Waals surface area contributed by atoms with Gasteiger partial charge >= 0.3 is 0 Å². The van der Waals surface area contributed by atoms with E-state index in [1.807, 2.05) is 6.07 Å². The lowest BCUT2D eigenvalue weighted by Crippen LogP contribution is -2.07. The molecule has 0 amide bonds. The molecule has 0 unspecified atom stereocenters. The van der Waals surface area contributed by atoms with E-state index in [0.717, 1.165) is 10.7 Å². The topological polar surface area (TPSA) is 96.8 Å². The number of nitriles is 1. The second kappa shape index (κ2) is 5.96. The minimum absolute atomic E-state index is 0.0626. The lowest BCUT2D eigenvalue weighted by molar-refractivity contribution is -0.384. The molecule has 9 heteroatoms. The molecule has 0 aliphatic rings. The summed E-state index contributed by atoms with van der Waals surface area (Å²) in [5, 5.41) is 26.2. The third kappa shape index (κ3) is 3.50. The fourth-order valence-electron chi connectivity index (χ4n) is 1.66. The molecule has 0 spiro atoms. The van der Waals surface area contributed by atoms with Crippen LogP contribution in [0.4, 0.5) is 26.0 Å². The quantitative estimate of drug-likeness (QED) is 0.675. The van der Waals surface area contributed by atoms with Crippen molar-refractivity contribution in [3.8, 4) is 6.07 Å². The van der Waals surface area contributed by atoms with E-state index < -0.39 is 17.9 Å². The number of nitrogens with zero attached hydrogens (tertiary/aromatic N) is 4. The summed E-state index contributed by atoms with van der Waals surface area (Å²) in [6, 6.07) is 7.01. The number of benzene rings is 1. The molecule has 1 aromatic heterocycles. The van der Waals surface area contributed by atoms with Gasteiger partial charge in [0.15, 0.2) is 5.82 Å². The number of hydrogen-bond acceptors (Lipinski definition) is 5. The first-order chi connectivity index (χ1) is 9.99. The first-order valence-corrected chi connectivity index (χ1v) is 5.77. The van der Waals surface area contributed by atoms with Gasteiger partial charge in [0.05, 0.1) is 16.2 Å². The highest BCUT2D eigenvalue weighted by molar-refractivity contribution is 5.66. The lowest BCUT2D eigenvalue weighted by Gasteiger charge is -2.05. The van der Waals surface area contributed by atoms with E-state index >= 15 is 0 Å². The van der Waals surface area contributed by atoms with Gasteiger partial charge in [-0.2, -0.15) is 10.4 Å². The van der Waals surface area contributed by atoms with Crippen molar-refractivity contribution in [1.29, 1.82) is 5.26 Å². The summed E-state index contributed by atoms with van der Waals surface area (Å²) in [5.41, 5.74) is 0.165. The Bertz CT molecular complexity index is 708. The van der Waals surface area contributed by atoms with Crippen LogP contribution in [-0.2, 0) is 6.54 Å². The smallest absolute Gasteiger partial charge is 0.270 e. The van der Waals surface area contributed by atoms with E-state index in [9.17, 15) is 18.9 Å². The second-order valence-corrected chi connectivity index (χ2v) is 4.04. The van der Waals surface area contributed by atoms with Crippen LogP contribution in [0.15, 0.2) is 30.5 Å². The predicted octanol–water partition coefficient (Wildman–Crippen LogP) is 2.67. The van der Waals surface area contributed by atoms with E-state index in [1.165, 1.54) is 24.4 Å². The molecule has 108 valence electrons. The third-order valence-electron chi connectivity index (χ3n) is 2.56. The van der Waals surface area contributed by atoms with Crippen LogP contribution in [0.25, 0.3) is 0 Å². The fraction of sp³-hybridized carbons (Fsp3) is 0.167. The third-order valence-corrected chi connectivity index (χ3v) is 2.56. The lowest BCUT2D eigenvalue weighted by atomic mass is 10.1. The fourth-order valence-corrected chi connectivity index (χ4v) is 1.66. The number of nitrogens with one attached hydrogen (secondary N) is 1. The summed E-state index contributed by atoms with van der Waals surface area (Å²) in [4.78, 5) is 10.0. The zero-order chi connectivity index (χ0) is 15.4. The van der Waals surface area contributed by atoms with Gasteiger partial charge in [0.25, 0.3) is 12.1 Å². The molecule has 2 aromatic rings. The van der Waals surface area contributed by atoms with E-state index in [0.29, 0.717) is 5.69 Å². The van der Waals surface area contributed by atoms with Crippen molar-refractivity contribution in [2.75, 3.05) is 5.32 Å². The Kier molecular flexibility index (Phi) is 4.08. The summed E-state index contributed by atoms with van der Waals surface area (Å²) in [5.74, 6) is 0.265. The molecule has 0 aliphatic carbocycles. The van der Waals surface area contributed by atoms with Gasteiger partial charge in [0, 0.05) is 24.4 Å². The van der Waals surface area contributed by atoms with Crippen LogP contribution in [0.5, 0.6) is 0 Å². The normalized spacial score (nSPS) is 10.4. The number of alkyl halides is 2. The molecule has 0 saturated heterocycles. The molecule has 0 fully saturated rings. The summed E-state index contributed by atoms with van der Waals surface area (Å²) in [6.45, 7) is -0.535. The van der Waals surface area contributed by atoms with Crippen molar-refractivity contribution in [3.05, 3.63) is 46.1 Å². The summed E-state index contributed by atoms with van der Waals surface area (Å²) in [6.07, 6.45) is -1.15. The molecule has 0 atom stereocenters. The minimum Gasteiger partial charge on any atom is -0.338 e. The summed E-state index contributed by atoms with van der Waals surface area (Å²) >= 11 is 0. The standard InChI is InChI=1S/C12H9F2N5O2/c13-11(14)7-18-4-3-12(17-18)16-10-2-1-9(19(20)21)5-8(10)6-15/h1-5,11H,7H2,(H,16,17). The number of aromatic nitrogens is 2. The molecule has 0 saturated carbocycles. The van der Waals surface area contributed by atoms with Gasteiger partial charge in [0.2, 0.25) is 0 Å². The van der Waals surface area contributed by atoms with Gasteiger partial charge in [-0.3, -0.25) is 14.8 Å². The zero-order valence-electron chi connectivity index (χ0n) is 10.5.